The van der Waals surface area contributed by atoms with Crippen molar-refractivity contribution in [3.05, 3.63) is 29.8 Å². The summed E-state index contributed by atoms with van der Waals surface area (Å²) >= 11 is 3.96. The van der Waals surface area contributed by atoms with Gasteiger partial charge in [0.1, 0.15) is 0 Å². The molecule has 1 rings (SSSR count). The fourth-order valence-electron chi connectivity index (χ4n) is 0.921. The summed E-state index contributed by atoms with van der Waals surface area (Å²) in [5.74, 6) is 0. The Balaban J connectivity index is 2.83. The van der Waals surface area contributed by atoms with Crippen LogP contribution in [0.25, 0.3) is 0 Å². The molecule has 0 unspecified atom stereocenters. The highest BCUT2D eigenvalue weighted by molar-refractivity contribution is 14.1. The van der Waals surface area contributed by atoms with Crippen LogP contribution in [0, 0.1) is 0 Å². The summed E-state index contributed by atoms with van der Waals surface area (Å²) in [7, 11) is 0. The second-order valence-corrected chi connectivity index (χ2v) is 3.73. The number of hydrogen-bond donors (Lipinski definition) is 1. The molecular weight excluding hydrogens is 269 g/mol. The first-order chi connectivity index (χ1) is 5.38. The van der Waals surface area contributed by atoms with E-state index in [2.05, 4.69) is 56.9 Å². The maximum atomic E-state index is 3.12. The molecule has 0 aliphatic carbocycles. The molecule has 0 heterocycles. The third kappa shape index (κ3) is 2.65. The predicted octanol–water partition coefficient (Wildman–Crippen LogP) is 2.85. The molecule has 0 saturated heterocycles. The van der Waals surface area contributed by atoms with Gasteiger partial charge in [-0.25, -0.2) is 0 Å². The van der Waals surface area contributed by atoms with Crippen molar-refractivity contribution in [1.29, 1.82) is 0 Å². The highest BCUT2D eigenvalue weighted by Gasteiger charge is 1.97. The molecule has 1 aromatic rings. The third-order valence-electron chi connectivity index (χ3n) is 1.45. The van der Waals surface area contributed by atoms with Crippen LogP contribution in [0.4, 0.5) is 0 Å². The average molecular weight is 279 g/mol. The van der Waals surface area contributed by atoms with E-state index in [1.165, 1.54) is 10.5 Å². The second kappa shape index (κ2) is 5.00. The summed E-state index contributed by atoms with van der Waals surface area (Å²) in [4.78, 5) is 1.36. The lowest BCUT2D eigenvalue weighted by Gasteiger charge is -2.03. The summed E-state index contributed by atoms with van der Waals surface area (Å²) < 4.78 is 3.12. The van der Waals surface area contributed by atoms with Crippen LogP contribution < -0.4 is 3.53 Å². The fraction of sp³-hybridized carbons (Fsp3) is 0.250. The smallest absolute Gasteiger partial charge is 0.0312 e. The summed E-state index contributed by atoms with van der Waals surface area (Å²) in [6.07, 6.45) is 2.10. The molecule has 0 fully saturated rings. The van der Waals surface area contributed by atoms with Gasteiger partial charge < -0.3 is 0 Å². The van der Waals surface area contributed by atoms with E-state index >= 15 is 0 Å². The summed E-state index contributed by atoms with van der Waals surface area (Å²) in [6, 6.07) is 8.44. The standard InChI is InChI=1S/C8H10INS/c1-11-8-5-3-2-4-7(8)6-10-9/h2-5,10H,6H2,1H3. The van der Waals surface area contributed by atoms with Crippen LogP contribution in [0.5, 0.6) is 0 Å². The van der Waals surface area contributed by atoms with Crippen LogP contribution in [-0.2, 0) is 6.54 Å². The Bertz CT molecular complexity index is 227. The van der Waals surface area contributed by atoms with Crippen molar-refractivity contribution in [3.8, 4) is 0 Å². The molecular formula is C8H10INS. The molecule has 0 spiro atoms. The number of thioether (sulfide) groups is 1. The van der Waals surface area contributed by atoms with Gasteiger partial charge in [-0.05, 0) is 17.9 Å². The molecule has 1 N–H and O–H groups in total. The predicted molar refractivity (Wildman–Crippen MR) is 59.1 cm³/mol. The lowest BCUT2D eigenvalue weighted by atomic mass is 10.2. The number of nitrogens with one attached hydrogen (secondary N) is 1. The molecule has 60 valence electrons. The first-order valence-electron chi connectivity index (χ1n) is 3.34. The molecule has 0 atom stereocenters. The summed E-state index contributed by atoms with van der Waals surface area (Å²) in [5.41, 5.74) is 1.37. The minimum absolute atomic E-state index is 0.942. The van der Waals surface area contributed by atoms with Crippen molar-refractivity contribution in [2.75, 3.05) is 6.26 Å². The monoisotopic (exact) mass is 279 g/mol. The number of rotatable bonds is 3. The molecule has 0 aliphatic rings. The number of hydrogen-bond acceptors (Lipinski definition) is 2. The molecule has 1 aromatic carbocycles. The molecule has 0 aliphatic heterocycles. The van der Waals surface area contributed by atoms with E-state index in [1.807, 2.05) is 0 Å². The highest BCUT2D eigenvalue weighted by atomic mass is 127. The van der Waals surface area contributed by atoms with Gasteiger partial charge in [-0.15, -0.1) is 11.8 Å². The zero-order valence-electron chi connectivity index (χ0n) is 6.30. The van der Waals surface area contributed by atoms with Crippen molar-refractivity contribution in [2.45, 2.75) is 11.4 Å². The molecule has 0 radical (unpaired) electrons. The van der Waals surface area contributed by atoms with E-state index in [-0.39, 0.29) is 0 Å². The third-order valence-corrected chi connectivity index (χ3v) is 2.67. The van der Waals surface area contributed by atoms with Crippen molar-refractivity contribution in [1.82, 2.24) is 3.53 Å². The summed E-state index contributed by atoms with van der Waals surface area (Å²) in [6.45, 7) is 0.942. The Labute approximate surface area is 85.5 Å². The Hall–Kier alpha value is 0.260. The van der Waals surface area contributed by atoms with Gasteiger partial charge in [-0.2, -0.15) is 0 Å². The Kier molecular flexibility index (Phi) is 4.25. The van der Waals surface area contributed by atoms with Gasteiger partial charge in [-0.3, -0.25) is 3.53 Å². The average Bonchev–Trinajstić information content (AvgIpc) is 2.06. The maximum absolute atomic E-state index is 3.12. The topological polar surface area (TPSA) is 12.0 Å². The minimum Gasteiger partial charge on any atom is -0.257 e. The van der Waals surface area contributed by atoms with Crippen LogP contribution in [-0.4, -0.2) is 6.26 Å². The van der Waals surface area contributed by atoms with Crippen molar-refractivity contribution in [2.24, 2.45) is 0 Å². The highest BCUT2D eigenvalue weighted by Crippen LogP contribution is 2.19. The van der Waals surface area contributed by atoms with E-state index in [0.29, 0.717) is 0 Å². The van der Waals surface area contributed by atoms with Gasteiger partial charge in [0.15, 0.2) is 0 Å². The van der Waals surface area contributed by atoms with Crippen LogP contribution in [0.15, 0.2) is 29.2 Å². The number of benzene rings is 1. The Morgan fingerprint density at radius 1 is 1.45 bits per heavy atom. The van der Waals surface area contributed by atoms with Gasteiger partial charge >= 0.3 is 0 Å². The summed E-state index contributed by atoms with van der Waals surface area (Å²) in [5, 5.41) is 0. The molecule has 1 nitrogen and oxygen atoms in total. The lowest BCUT2D eigenvalue weighted by Crippen LogP contribution is -1.98. The van der Waals surface area contributed by atoms with Crippen molar-refractivity contribution < 1.29 is 0 Å². The first kappa shape index (κ1) is 9.35. The van der Waals surface area contributed by atoms with Gasteiger partial charge in [0, 0.05) is 34.3 Å². The van der Waals surface area contributed by atoms with E-state index < -0.39 is 0 Å². The van der Waals surface area contributed by atoms with Gasteiger partial charge in [0.05, 0.1) is 0 Å². The fourth-order valence-corrected chi connectivity index (χ4v) is 1.95. The SMILES string of the molecule is CSc1ccccc1CNI. The zero-order valence-corrected chi connectivity index (χ0v) is 9.28. The quantitative estimate of drug-likeness (QED) is 0.519. The van der Waals surface area contributed by atoms with Crippen molar-refractivity contribution in [3.63, 3.8) is 0 Å². The van der Waals surface area contributed by atoms with E-state index in [0.717, 1.165) is 6.54 Å². The molecule has 0 amide bonds. The Morgan fingerprint density at radius 3 is 2.82 bits per heavy atom. The maximum Gasteiger partial charge on any atom is 0.0312 e. The Morgan fingerprint density at radius 2 is 2.18 bits per heavy atom. The van der Waals surface area contributed by atoms with E-state index in [4.69, 9.17) is 0 Å². The zero-order chi connectivity index (χ0) is 8.10. The normalized spacial score (nSPS) is 10.0. The largest absolute Gasteiger partial charge is 0.257 e. The molecule has 0 aromatic heterocycles. The molecule has 0 bridgehead atoms. The second-order valence-electron chi connectivity index (χ2n) is 2.12. The lowest BCUT2D eigenvalue weighted by molar-refractivity contribution is 0.979. The van der Waals surface area contributed by atoms with Crippen LogP contribution >= 0.6 is 34.6 Å². The van der Waals surface area contributed by atoms with Crippen LogP contribution in [0.3, 0.4) is 0 Å². The van der Waals surface area contributed by atoms with Gasteiger partial charge in [-0.1, -0.05) is 18.2 Å². The van der Waals surface area contributed by atoms with Crippen LogP contribution in [0.1, 0.15) is 5.56 Å². The van der Waals surface area contributed by atoms with Crippen molar-refractivity contribution >= 4 is 34.6 Å². The van der Waals surface area contributed by atoms with E-state index in [1.54, 1.807) is 11.8 Å². The molecule has 0 saturated carbocycles. The molecule has 11 heavy (non-hydrogen) atoms. The number of halogens is 1. The van der Waals surface area contributed by atoms with E-state index in [9.17, 15) is 0 Å². The van der Waals surface area contributed by atoms with Crippen LogP contribution in [0.2, 0.25) is 0 Å². The van der Waals surface area contributed by atoms with Gasteiger partial charge in [0.25, 0.3) is 0 Å². The minimum atomic E-state index is 0.942. The van der Waals surface area contributed by atoms with Gasteiger partial charge in [0.2, 0.25) is 0 Å². The first-order valence-corrected chi connectivity index (χ1v) is 5.64. The molecule has 3 heteroatoms.